The zero-order valence-corrected chi connectivity index (χ0v) is 18.2. The van der Waals surface area contributed by atoms with Crippen LogP contribution in [0.3, 0.4) is 0 Å². The predicted molar refractivity (Wildman–Crippen MR) is 121 cm³/mol. The molecule has 0 bridgehead atoms. The Kier molecular flexibility index (Phi) is 4.94. The van der Waals surface area contributed by atoms with Crippen LogP contribution in [0.2, 0.25) is 5.02 Å². The van der Waals surface area contributed by atoms with Crippen molar-refractivity contribution < 1.29 is 9.59 Å². The van der Waals surface area contributed by atoms with E-state index in [1.807, 2.05) is 6.07 Å². The van der Waals surface area contributed by atoms with Crippen LogP contribution in [0, 0.1) is 0 Å². The summed E-state index contributed by atoms with van der Waals surface area (Å²) >= 11 is 5.91. The number of anilines is 1. The number of hydrogen-bond acceptors (Lipinski definition) is 3. The first-order valence-corrected chi connectivity index (χ1v) is 10.2. The third-order valence-electron chi connectivity index (χ3n) is 5.77. The van der Waals surface area contributed by atoms with Crippen LogP contribution >= 0.6 is 11.6 Å². The molecular weight excluding hydrogens is 398 g/mol. The molecule has 2 aliphatic heterocycles. The van der Waals surface area contributed by atoms with Crippen LogP contribution in [0.5, 0.6) is 0 Å². The quantitative estimate of drug-likeness (QED) is 0.556. The number of carbonyl (C=O) groups excluding carboxylic acids is 2. The third-order valence-corrected chi connectivity index (χ3v) is 6.02. The van der Waals surface area contributed by atoms with Gasteiger partial charge in [-0.1, -0.05) is 35.9 Å². The van der Waals surface area contributed by atoms with E-state index < -0.39 is 6.03 Å². The number of imide groups is 1. The highest BCUT2D eigenvalue weighted by Crippen LogP contribution is 2.38. The molecule has 1 fully saturated rings. The number of urea groups is 1. The van der Waals surface area contributed by atoms with Gasteiger partial charge in [-0.2, -0.15) is 0 Å². The minimum absolute atomic E-state index is 0.0609. The number of amides is 3. The van der Waals surface area contributed by atoms with Crippen molar-refractivity contribution in [2.45, 2.75) is 32.9 Å². The smallest absolute Gasteiger partial charge is 0.329 e. The molecule has 30 heavy (non-hydrogen) atoms. The zero-order valence-electron chi connectivity index (χ0n) is 17.5. The maximum Gasteiger partial charge on any atom is 0.329 e. The molecule has 6 heteroatoms. The number of nitrogens with zero attached hydrogens (tertiary/aromatic N) is 2. The van der Waals surface area contributed by atoms with E-state index in [4.69, 9.17) is 11.6 Å². The number of likely N-dealkylation sites (N-methyl/N-ethyl adjacent to an activating group) is 1. The minimum atomic E-state index is -0.420. The van der Waals surface area contributed by atoms with Crippen molar-refractivity contribution in [1.82, 2.24) is 10.2 Å². The van der Waals surface area contributed by atoms with E-state index in [2.05, 4.69) is 56.2 Å². The summed E-state index contributed by atoms with van der Waals surface area (Å²) in [7, 11) is 2.08. The van der Waals surface area contributed by atoms with Crippen molar-refractivity contribution >= 4 is 40.9 Å². The average molecular weight is 422 g/mol. The summed E-state index contributed by atoms with van der Waals surface area (Å²) in [6.07, 6.45) is 3.97. The lowest BCUT2D eigenvalue weighted by atomic mass is 9.88. The summed E-state index contributed by atoms with van der Waals surface area (Å²) in [5.74, 6) is -0.335. The highest BCUT2D eigenvalue weighted by molar-refractivity contribution is 6.30. The zero-order chi connectivity index (χ0) is 21.6. The van der Waals surface area contributed by atoms with Gasteiger partial charge in [-0.15, -0.1) is 0 Å². The molecule has 3 amide bonds. The van der Waals surface area contributed by atoms with Gasteiger partial charge in [0, 0.05) is 23.3 Å². The Bertz CT molecular complexity index is 1100. The van der Waals surface area contributed by atoms with Gasteiger partial charge in [-0.25, -0.2) is 4.79 Å². The van der Waals surface area contributed by atoms with Gasteiger partial charge in [0.1, 0.15) is 5.70 Å². The Morgan fingerprint density at radius 1 is 1.10 bits per heavy atom. The lowest BCUT2D eigenvalue weighted by Gasteiger charge is -2.40. The van der Waals surface area contributed by atoms with Gasteiger partial charge in [-0.05, 0) is 67.8 Å². The molecule has 1 saturated heterocycles. The number of allylic oxidation sites excluding steroid dienone is 1. The predicted octanol–water partition coefficient (Wildman–Crippen LogP) is 5.06. The standard InChI is InChI=1S/C24H24ClN3O2/c1-15-13-24(2,3)27(4)21-10-7-17(11-19(15)21)12-20-22(29)28(23(30)26-20)14-16-5-8-18(25)9-6-16/h5-13H,14H2,1-4H3,(H,26,30)/b20-12+. The molecule has 5 nitrogen and oxygen atoms in total. The van der Waals surface area contributed by atoms with Crippen LogP contribution < -0.4 is 10.2 Å². The summed E-state index contributed by atoms with van der Waals surface area (Å²) < 4.78 is 0. The number of rotatable bonds is 3. The number of fused-ring (bicyclic) bond motifs is 1. The first-order valence-electron chi connectivity index (χ1n) is 9.82. The highest BCUT2D eigenvalue weighted by Gasteiger charge is 2.34. The second kappa shape index (κ2) is 7.33. The largest absolute Gasteiger partial charge is 0.366 e. The summed E-state index contributed by atoms with van der Waals surface area (Å²) in [5, 5.41) is 3.31. The molecule has 0 atom stereocenters. The second-order valence-corrected chi connectivity index (χ2v) is 8.76. The normalized spacial score (nSPS) is 19.1. The van der Waals surface area contributed by atoms with Gasteiger partial charge in [0.25, 0.3) is 5.91 Å². The van der Waals surface area contributed by atoms with Crippen molar-refractivity contribution in [2.75, 3.05) is 11.9 Å². The van der Waals surface area contributed by atoms with Crippen LogP contribution in [0.4, 0.5) is 10.5 Å². The molecule has 0 radical (unpaired) electrons. The Labute approximate surface area is 181 Å². The fourth-order valence-corrected chi connectivity index (χ4v) is 4.05. The van der Waals surface area contributed by atoms with Crippen molar-refractivity contribution in [1.29, 1.82) is 0 Å². The number of benzene rings is 2. The lowest BCUT2D eigenvalue weighted by molar-refractivity contribution is -0.123. The van der Waals surface area contributed by atoms with Crippen LogP contribution in [0.25, 0.3) is 11.6 Å². The molecule has 0 spiro atoms. The first-order chi connectivity index (χ1) is 14.2. The average Bonchev–Trinajstić information content (AvgIpc) is 2.95. The summed E-state index contributed by atoms with van der Waals surface area (Å²) in [4.78, 5) is 28.6. The molecule has 2 heterocycles. The fraction of sp³-hybridized carbons (Fsp3) is 0.250. The lowest BCUT2D eigenvalue weighted by Crippen LogP contribution is -2.42. The van der Waals surface area contributed by atoms with Crippen LogP contribution in [-0.4, -0.2) is 29.4 Å². The van der Waals surface area contributed by atoms with Crippen LogP contribution in [-0.2, 0) is 11.3 Å². The Morgan fingerprint density at radius 2 is 1.80 bits per heavy atom. The molecule has 0 saturated carbocycles. The molecule has 0 aromatic heterocycles. The number of carbonyl (C=O) groups is 2. The van der Waals surface area contributed by atoms with Crippen molar-refractivity contribution in [3.8, 4) is 0 Å². The van der Waals surface area contributed by atoms with Gasteiger partial charge < -0.3 is 10.2 Å². The van der Waals surface area contributed by atoms with Gasteiger partial charge in [-0.3, -0.25) is 9.69 Å². The minimum Gasteiger partial charge on any atom is -0.366 e. The van der Waals surface area contributed by atoms with Gasteiger partial charge in [0.2, 0.25) is 0 Å². The van der Waals surface area contributed by atoms with Crippen LogP contribution in [0.1, 0.15) is 37.5 Å². The van der Waals surface area contributed by atoms with Crippen molar-refractivity contribution in [3.63, 3.8) is 0 Å². The SMILES string of the molecule is CC1=CC(C)(C)N(C)c2ccc(/C=C3/NC(=O)N(Cc4ccc(Cl)cc4)C3=O)cc21. The molecule has 4 rings (SSSR count). The fourth-order valence-electron chi connectivity index (χ4n) is 3.92. The van der Waals surface area contributed by atoms with E-state index in [0.717, 1.165) is 22.4 Å². The van der Waals surface area contributed by atoms with E-state index in [1.165, 1.54) is 10.5 Å². The van der Waals surface area contributed by atoms with E-state index in [0.29, 0.717) is 5.02 Å². The Hall–Kier alpha value is -3.05. The topological polar surface area (TPSA) is 52.7 Å². The Morgan fingerprint density at radius 3 is 2.50 bits per heavy atom. The van der Waals surface area contributed by atoms with E-state index in [9.17, 15) is 9.59 Å². The molecule has 154 valence electrons. The third kappa shape index (κ3) is 3.61. The van der Waals surface area contributed by atoms with Crippen molar-refractivity contribution in [3.05, 3.63) is 76.0 Å². The molecule has 0 aliphatic carbocycles. The van der Waals surface area contributed by atoms with Crippen LogP contribution in [0.15, 0.2) is 54.2 Å². The highest BCUT2D eigenvalue weighted by atomic mass is 35.5. The van der Waals surface area contributed by atoms with Gasteiger partial charge >= 0.3 is 6.03 Å². The maximum absolute atomic E-state index is 12.8. The van der Waals surface area contributed by atoms with E-state index in [-0.39, 0.29) is 23.7 Å². The number of nitrogens with one attached hydrogen (secondary N) is 1. The van der Waals surface area contributed by atoms with Gasteiger partial charge in [0.15, 0.2) is 0 Å². The summed E-state index contributed by atoms with van der Waals surface area (Å²) in [6, 6.07) is 12.8. The molecular formula is C24H24ClN3O2. The van der Waals surface area contributed by atoms with Crippen molar-refractivity contribution in [2.24, 2.45) is 0 Å². The molecule has 0 unspecified atom stereocenters. The first kappa shape index (κ1) is 20.2. The number of halogens is 1. The second-order valence-electron chi connectivity index (χ2n) is 8.32. The monoisotopic (exact) mass is 421 g/mol. The van der Waals surface area contributed by atoms with E-state index >= 15 is 0 Å². The maximum atomic E-state index is 12.8. The summed E-state index contributed by atoms with van der Waals surface area (Å²) in [6.45, 7) is 6.65. The van der Waals surface area contributed by atoms with E-state index in [1.54, 1.807) is 30.3 Å². The van der Waals surface area contributed by atoms with Gasteiger partial charge in [0.05, 0.1) is 12.1 Å². The summed E-state index contributed by atoms with van der Waals surface area (Å²) in [5.41, 5.74) is 5.39. The number of hydrogen-bond donors (Lipinski definition) is 1. The molecule has 1 N–H and O–H groups in total. The molecule has 2 aromatic rings. The molecule has 2 aromatic carbocycles. The Balaban J connectivity index is 1.60. The molecule has 2 aliphatic rings.